The molecular weight excluding hydrogens is 257 g/mol. The van der Waals surface area contributed by atoms with Gasteiger partial charge < -0.3 is 20.3 Å². The predicted molar refractivity (Wildman–Crippen MR) is 69.2 cm³/mol. The van der Waals surface area contributed by atoms with Crippen LogP contribution in [0.5, 0.6) is 0 Å². The summed E-state index contributed by atoms with van der Waals surface area (Å²) in [6, 6.07) is 0. The van der Waals surface area contributed by atoms with E-state index in [0.29, 0.717) is 0 Å². The van der Waals surface area contributed by atoms with E-state index in [-0.39, 0.29) is 42.5 Å². The average Bonchev–Trinajstić information content (AvgIpc) is 2.28. The van der Waals surface area contributed by atoms with Crippen molar-refractivity contribution in [1.29, 1.82) is 0 Å². The van der Waals surface area contributed by atoms with Crippen LogP contribution in [-0.2, 0) is 9.59 Å². The molecule has 0 aromatic heterocycles. The van der Waals surface area contributed by atoms with Gasteiger partial charge in [0.2, 0.25) is 0 Å². The maximum absolute atomic E-state index is 10.0. The molecule has 0 radical (unpaired) electrons. The molecule has 0 aromatic carbocycles. The van der Waals surface area contributed by atoms with Gasteiger partial charge in [-0.3, -0.25) is 4.79 Å². The zero-order chi connectivity index (χ0) is 14.2. The molecule has 5 nitrogen and oxygen atoms in total. The number of hydrogen-bond donors (Lipinski definition) is 2. The molecule has 0 saturated carbocycles. The second-order valence-electron chi connectivity index (χ2n) is 4.17. The third-order valence-electron chi connectivity index (χ3n) is 2.31. The van der Waals surface area contributed by atoms with Crippen molar-refractivity contribution in [3.8, 4) is 0 Å². The van der Waals surface area contributed by atoms with Crippen LogP contribution >= 0.6 is 0 Å². The van der Waals surface area contributed by atoms with Crippen LogP contribution in [0.25, 0.3) is 0 Å². The smallest absolute Gasteiger partial charge is 0.550 e. The molecule has 108 valence electrons. The van der Waals surface area contributed by atoms with Crippen molar-refractivity contribution in [3.05, 3.63) is 0 Å². The largest absolute Gasteiger partial charge is 1.00 e. The average molecular weight is 283 g/mol. The Hall–Kier alpha value is -0.100. The summed E-state index contributed by atoms with van der Waals surface area (Å²) in [7, 11) is 1.59. The van der Waals surface area contributed by atoms with E-state index in [0.717, 1.165) is 12.8 Å². The molecule has 0 aliphatic rings. The van der Waals surface area contributed by atoms with Gasteiger partial charge in [-0.05, 0) is 19.9 Å². The fourth-order valence-electron chi connectivity index (χ4n) is 1.38. The van der Waals surface area contributed by atoms with Gasteiger partial charge in [-0.15, -0.1) is 0 Å². The summed E-state index contributed by atoms with van der Waals surface area (Å²) in [5.41, 5.74) is 0. The maximum atomic E-state index is 10.0. The first-order valence-corrected chi connectivity index (χ1v) is 6.60. The van der Waals surface area contributed by atoms with Crippen LogP contribution in [0.4, 0.5) is 0 Å². The number of rotatable bonds is 10. The zero-order valence-electron chi connectivity index (χ0n) is 12.5. The van der Waals surface area contributed by atoms with Gasteiger partial charge in [0.15, 0.2) is 0 Å². The van der Waals surface area contributed by atoms with Crippen molar-refractivity contribution in [2.24, 2.45) is 0 Å². The fourth-order valence-corrected chi connectivity index (χ4v) is 1.38. The maximum Gasteiger partial charge on any atom is 1.00 e. The van der Waals surface area contributed by atoms with Gasteiger partial charge in [0.05, 0.1) is 6.54 Å². The first-order chi connectivity index (χ1) is 8.54. The molecule has 0 atom stereocenters. The van der Waals surface area contributed by atoms with Crippen LogP contribution in [0.3, 0.4) is 0 Å². The van der Waals surface area contributed by atoms with Gasteiger partial charge >= 0.3 is 35.5 Å². The third-order valence-corrected chi connectivity index (χ3v) is 2.31. The minimum atomic E-state index is -0.913. The number of carbonyl (C=O) groups excluding carboxylic acids is 1. The number of carbonyl (C=O) groups is 2. The van der Waals surface area contributed by atoms with E-state index < -0.39 is 11.9 Å². The Balaban J connectivity index is -0.000000313. The van der Waals surface area contributed by atoms with E-state index in [1.807, 2.05) is 0 Å². The Bertz CT molecular complexity index is 213. The number of hydrogen-bond acceptors (Lipinski definition) is 4. The fraction of sp³-hybridized carbons (Fsp3) is 0.846. The minimum absolute atomic E-state index is 0. The SMILES string of the molecule is CCCCCCCCCC(=O)[O-].CNCC(=O)O.[Na+]. The van der Waals surface area contributed by atoms with Crippen LogP contribution in [-0.4, -0.2) is 30.6 Å². The number of aliphatic carboxylic acids is 2. The summed E-state index contributed by atoms with van der Waals surface area (Å²) in [4.78, 5) is 19.6. The van der Waals surface area contributed by atoms with Crippen LogP contribution in [0, 0.1) is 0 Å². The number of unbranched alkanes of at least 4 members (excludes halogenated alkanes) is 6. The number of carboxylic acids is 2. The molecule has 19 heavy (non-hydrogen) atoms. The standard InChI is InChI=1S/C10H20O2.C3H7NO2.Na/c1-2-3-4-5-6-7-8-9-10(11)12;1-4-2-3(5)6;/h2-9H2,1H3,(H,11,12);4H,2H2,1H3,(H,5,6);/q;;+1/p-1. The Morgan fingerprint density at radius 1 is 1.05 bits per heavy atom. The molecule has 6 heteroatoms. The number of nitrogens with one attached hydrogen (secondary N) is 1. The van der Waals surface area contributed by atoms with Crippen molar-refractivity contribution >= 4 is 11.9 Å². The molecule has 0 amide bonds. The molecule has 0 fully saturated rings. The van der Waals surface area contributed by atoms with E-state index in [4.69, 9.17) is 5.11 Å². The summed E-state index contributed by atoms with van der Waals surface area (Å²) in [6.45, 7) is 2.23. The summed E-state index contributed by atoms with van der Waals surface area (Å²) in [5, 5.41) is 20.3. The first-order valence-electron chi connectivity index (χ1n) is 6.60. The third kappa shape index (κ3) is 32.0. The normalized spacial score (nSPS) is 8.95. The van der Waals surface area contributed by atoms with Gasteiger partial charge in [-0.2, -0.15) is 0 Å². The van der Waals surface area contributed by atoms with Crippen molar-refractivity contribution in [2.75, 3.05) is 13.6 Å². The van der Waals surface area contributed by atoms with E-state index >= 15 is 0 Å². The molecule has 0 aliphatic carbocycles. The van der Waals surface area contributed by atoms with Crippen LogP contribution in [0.15, 0.2) is 0 Å². The van der Waals surface area contributed by atoms with E-state index in [1.165, 1.54) is 32.1 Å². The van der Waals surface area contributed by atoms with Crippen molar-refractivity contribution in [2.45, 2.75) is 58.3 Å². The predicted octanol–water partition coefficient (Wildman–Crippen LogP) is -1.83. The van der Waals surface area contributed by atoms with Gasteiger partial charge in [0.25, 0.3) is 0 Å². The van der Waals surface area contributed by atoms with E-state index in [2.05, 4.69) is 12.2 Å². The molecule has 0 aliphatic heterocycles. The van der Waals surface area contributed by atoms with E-state index in [1.54, 1.807) is 7.05 Å². The Kier molecular flexibility index (Phi) is 25.5. The van der Waals surface area contributed by atoms with Crippen molar-refractivity contribution in [3.63, 3.8) is 0 Å². The van der Waals surface area contributed by atoms with Gasteiger partial charge in [-0.1, -0.05) is 45.4 Å². The summed E-state index contributed by atoms with van der Waals surface area (Å²) in [6.07, 6.45) is 8.34. The van der Waals surface area contributed by atoms with Gasteiger partial charge in [-0.25, -0.2) is 0 Å². The first kappa shape index (κ1) is 24.0. The van der Waals surface area contributed by atoms with Crippen molar-refractivity contribution < 1.29 is 49.4 Å². The minimum Gasteiger partial charge on any atom is -0.550 e. The molecule has 0 spiro atoms. The summed E-state index contributed by atoms with van der Waals surface area (Å²) < 4.78 is 0. The quantitative estimate of drug-likeness (QED) is 0.364. The molecule has 2 N–H and O–H groups in total. The summed E-state index contributed by atoms with van der Waals surface area (Å²) >= 11 is 0. The molecule has 0 rings (SSSR count). The molecular formula is C13H26NNaO4. The second kappa shape index (κ2) is 20.2. The Morgan fingerprint density at radius 3 is 1.84 bits per heavy atom. The van der Waals surface area contributed by atoms with Crippen LogP contribution in [0.1, 0.15) is 58.3 Å². The zero-order valence-corrected chi connectivity index (χ0v) is 14.5. The summed E-state index contributed by atoms with van der Waals surface area (Å²) in [5.74, 6) is -1.74. The topological polar surface area (TPSA) is 89.5 Å². The molecule has 0 unspecified atom stereocenters. The van der Waals surface area contributed by atoms with Gasteiger partial charge in [0.1, 0.15) is 0 Å². The molecule has 0 saturated heterocycles. The van der Waals surface area contributed by atoms with Gasteiger partial charge in [0, 0.05) is 5.97 Å². The van der Waals surface area contributed by atoms with Crippen LogP contribution in [0.2, 0.25) is 0 Å². The molecule has 0 heterocycles. The molecule has 0 bridgehead atoms. The van der Waals surface area contributed by atoms with E-state index in [9.17, 15) is 14.7 Å². The monoisotopic (exact) mass is 283 g/mol. The number of likely N-dealkylation sites (N-methyl/N-ethyl adjacent to an activating group) is 1. The Morgan fingerprint density at radius 2 is 1.53 bits per heavy atom. The number of carboxylic acid groups (broad SMARTS) is 2. The molecule has 0 aromatic rings. The van der Waals surface area contributed by atoms with Crippen LogP contribution < -0.4 is 40.0 Å². The second-order valence-corrected chi connectivity index (χ2v) is 4.17. The Labute approximate surface area is 138 Å². The van der Waals surface area contributed by atoms with Crippen molar-refractivity contribution in [1.82, 2.24) is 5.32 Å².